The first kappa shape index (κ1) is 22.4. The topological polar surface area (TPSA) is 95.7 Å². The van der Waals surface area contributed by atoms with Gasteiger partial charge in [-0.15, -0.1) is 30.4 Å². The van der Waals surface area contributed by atoms with E-state index >= 15 is 0 Å². The first-order valence-electron chi connectivity index (χ1n) is 8.62. The van der Waals surface area contributed by atoms with Crippen LogP contribution >= 0.6 is 48.5 Å². The molecule has 0 unspecified atom stereocenters. The summed E-state index contributed by atoms with van der Waals surface area (Å²) >= 11 is 20.6. The monoisotopic (exact) mass is 478 g/mol. The number of benzene rings is 2. The van der Waals surface area contributed by atoms with Gasteiger partial charge in [0.25, 0.3) is 0 Å². The molecule has 0 amide bonds. The second-order valence-electron chi connectivity index (χ2n) is 5.95. The molecule has 30 heavy (non-hydrogen) atoms. The lowest BCUT2D eigenvalue weighted by Crippen LogP contribution is -2.00. The van der Waals surface area contributed by atoms with E-state index in [1.165, 1.54) is 0 Å². The number of aromatic nitrogens is 3. The highest BCUT2D eigenvalue weighted by Crippen LogP contribution is 2.45. The number of halogens is 2. The molecule has 0 saturated carbocycles. The van der Waals surface area contributed by atoms with Crippen LogP contribution in [-0.2, 0) is 0 Å². The highest BCUT2D eigenvalue weighted by Gasteiger charge is 2.16. The molecule has 0 bridgehead atoms. The van der Waals surface area contributed by atoms with Crippen LogP contribution in [0, 0.1) is 0 Å². The molecule has 154 valence electrons. The number of thiol groups is 2. The molecule has 11 heteroatoms. The molecule has 0 aliphatic carbocycles. The minimum atomic E-state index is -0.122. The van der Waals surface area contributed by atoms with Crippen LogP contribution in [-0.4, -0.2) is 20.1 Å². The molecule has 0 aliphatic rings. The summed E-state index contributed by atoms with van der Waals surface area (Å²) < 4.78 is 0. The lowest BCUT2D eigenvalue weighted by Gasteiger charge is -2.13. The normalized spacial score (nSPS) is 12.0. The maximum absolute atomic E-state index is 11.0. The maximum atomic E-state index is 11.0. The largest absolute Gasteiger partial charge is 0.505 e. The number of phenols is 1. The summed E-state index contributed by atoms with van der Waals surface area (Å²) in [6.45, 7) is 5.68. The Morgan fingerprint density at radius 1 is 1.20 bits per heavy atom. The number of hydrogen-bond acceptors (Lipinski definition) is 9. The number of azo groups is 1. The van der Waals surface area contributed by atoms with Crippen LogP contribution in [0.15, 0.2) is 62.6 Å². The smallest absolute Gasteiger partial charge is 0.232 e. The fourth-order valence-corrected chi connectivity index (χ4v) is 3.58. The van der Waals surface area contributed by atoms with E-state index < -0.39 is 0 Å². The molecular formula is C19H16Cl2N6OS2. The summed E-state index contributed by atoms with van der Waals surface area (Å²) in [4.78, 5) is 12.8. The average molecular weight is 479 g/mol. The zero-order valence-corrected chi connectivity index (χ0v) is 18.9. The fourth-order valence-electron chi connectivity index (χ4n) is 2.66. The Morgan fingerprint density at radius 3 is 2.53 bits per heavy atom. The number of hydrogen-bond donors (Lipinski definition) is 4. The molecular weight excluding hydrogens is 463 g/mol. The van der Waals surface area contributed by atoms with E-state index in [0.717, 1.165) is 6.42 Å². The Morgan fingerprint density at radius 2 is 1.90 bits per heavy atom. The summed E-state index contributed by atoms with van der Waals surface area (Å²) in [5.74, 6) is -0.0131. The maximum Gasteiger partial charge on any atom is 0.232 e. The summed E-state index contributed by atoms with van der Waals surface area (Å²) in [6.07, 6.45) is 4.21. The molecule has 3 rings (SSSR count). The van der Waals surface area contributed by atoms with Crippen LogP contribution in [0.25, 0.3) is 10.8 Å². The van der Waals surface area contributed by atoms with Crippen molar-refractivity contribution in [2.24, 2.45) is 10.2 Å². The van der Waals surface area contributed by atoms with Crippen molar-refractivity contribution < 1.29 is 5.11 Å². The lowest BCUT2D eigenvalue weighted by molar-refractivity contribution is 0.481. The molecule has 3 aromatic rings. The average Bonchev–Trinajstić information content (AvgIpc) is 2.65. The van der Waals surface area contributed by atoms with Crippen molar-refractivity contribution in [2.45, 2.75) is 23.1 Å². The van der Waals surface area contributed by atoms with Crippen LogP contribution in [0.1, 0.15) is 13.3 Å². The number of nitrogens with zero attached hydrogens (tertiary/aromatic N) is 5. The van der Waals surface area contributed by atoms with Gasteiger partial charge in [-0.25, -0.2) is 0 Å². The van der Waals surface area contributed by atoms with Gasteiger partial charge in [-0.3, -0.25) is 0 Å². The SMILES string of the molecule is C=C/C(=C\CC)N=Nc1c(S)cc2cc(S)cc(Nc3nc(Cl)nc(Cl)n3)c2c1O. The van der Waals surface area contributed by atoms with E-state index in [9.17, 15) is 5.11 Å². The zero-order valence-electron chi connectivity index (χ0n) is 15.6. The predicted octanol–water partition coefficient (Wildman–Crippen LogP) is 6.92. The van der Waals surface area contributed by atoms with E-state index in [1.54, 1.807) is 24.3 Å². The minimum absolute atomic E-state index is 0.0696. The van der Waals surface area contributed by atoms with Gasteiger partial charge in [-0.05, 0) is 59.3 Å². The Hall–Kier alpha value is -2.33. The van der Waals surface area contributed by atoms with Gasteiger partial charge in [0.05, 0.1) is 11.4 Å². The van der Waals surface area contributed by atoms with Crippen molar-refractivity contribution in [3.8, 4) is 5.75 Å². The van der Waals surface area contributed by atoms with Gasteiger partial charge in [-0.1, -0.05) is 19.6 Å². The Labute approximate surface area is 193 Å². The summed E-state index contributed by atoms with van der Waals surface area (Å²) in [5.41, 5.74) is 1.26. The Bertz CT molecular complexity index is 1180. The van der Waals surface area contributed by atoms with Gasteiger partial charge < -0.3 is 10.4 Å². The lowest BCUT2D eigenvalue weighted by atomic mass is 10.1. The number of aromatic hydroxyl groups is 1. The number of fused-ring (bicyclic) bond motifs is 1. The third-order valence-electron chi connectivity index (χ3n) is 3.86. The second-order valence-corrected chi connectivity index (χ2v) is 7.62. The third kappa shape index (κ3) is 5.04. The molecule has 0 atom stereocenters. The fraction of sp³-hybridized carbons (Fsp3) is 0.105. The van der Waals surface area contributed by atoms with Gasteiger partial charge in [0, 0.05) is 15.2 Å². The van der Waals surface area contributed by atoms with E-state index in [0.29, 0.717) is 31.9 Å². The highest BCUT2D eigenvalue weighted by molar-refractivity contribution is 7.80. The molecule has 0 radical (unpaired) electrons. The van der Waals surface area contributed by atoms with E-state index in [1.807, 2.05) is 13.0 Å². The van der Waals surface area contributed by atoms with Gasteiger partial charge >= 0.3 is 0 Å². The van der Waals surface area contributed by atoms with Crippen LogP contribution in [0.4, 0.5) is 17.3 Å². The van der Waals surface area contributed by atoms with Crippen molar-refractivity contribution in [3.63, 3.8) is 0 Å². The van der Waals surface area contributed by atoms with Crippen molar-refractivity contribution in [1.29, 1.82) is 0 Å². The first-order chi connectivity index (χ1) is 14.3. The van der Waals surface area contributed by atoms with Gasteiger partial charge in [-0.2, -0.15) is 20.1 Å². The number of nitrogens with one attached hydrogen (secondary N) is 1. The predicted molar refractivity (Wildman–Crippen MR) is 126 cm³/mol. The molecule has 0 saturated heterocycles. The van der Waals surface area contributed by atoms with Crippen molar-refractivity contribution in [2.75, 3.05) is 5.32 Å². The number of rotatable bonds is 6. The molecule has 1 heterocycles. The number of allylic oxidation sites excluding steroid dienone is 2. The molecule has 1 aromatic heterocycles. The zero-order chi connectivity index (χ0) is 21.8. The molecule has 2 aromatic carbocycles. The quantitative estimate of drug-likeness (QED) is 0.175. The molecule has 7 nitrogen and oxygen atoms in total. The van der Waals surface area contributed by atoms with E-state index in [2.05, 4.69) is 62.3 Å². The van der Waals surface area contributed by atoms with Gasteiger partial charge in [0.1, 0.15) is 5.69 Å². The summed E-state index contributed by atoms with van der Waals surface area (Å²) in [7, 11) is 0. The molecule has 0 fully saturated rings. The van der Waals surface area contributed by atoms with Crippen molar-refractivity contribution >= 4 is 76.6 Å². The molecule has 0 spiro atoms. The van der Waals surface area contributed by atoms with Crippen LogP contribution in [0.2, 0.25) is 10.6 Å². The number of phenolic OH excluding ortho intramolecular Hbond substituents is 1. The Balaban J connectivity index is 2.17. The van der Waals surface area contributed by atoms with E-state index in [4.69, 9.17) is 23.2 Å². The molecule has 2 N–H and O–H groups in total. The van der Waals surface area contributed by atoms with Gasteiger partial charge in [0.15, 0.2) is 5.75 Å². The van der Waals surface area contributed by atoms with Crippen LogP contribution in [0.3, 0.4) is 0 Å². The van der Waals surface area contributed by atoms with Crippen LogP contribution in [0.5, 0.6) is 5.75 Å². The van der Waals surface area contributed by atoms with Crippen molar-refractivity contribution in [1.82, 2.24) is 15.0 Å². The Kier molecular flexibility index (Phi) is 7.19. The van der Waals surface area contributed by atoms with Gasteiger partial charge in [0.2, 0.25) is 16.5 Å². The summed E-state index contributed by atoms with van der Waals surface area (Å²) in [5, 5.41) is 23.3. The second kappa shape index (κ2) is 9.65. The third-order valence-corrected chi connectivity index (χ3v) is 4.80. The van der Waals surface area contributed by atoms with E-state index in [-0.39, 0.29) is 28.0 Å². The molecule has 0 aliphatic heterocycles. The summed E-state index contributed by atoms with van der Waals surface area (Å²) in [6, 6.07) is 5.23. The first-order valence-corrected chi connectivity index (χ1v) is 10.3. The number of anilines is 2. The highest BCUT2D eigenvalue weighted by atomic mass is 35.5. The standard InChI is InChI=1S/C19H16Cl2N6OS2/c1-3-5-10(4-2)26-27-15-13(30)7-9-6-11(29)8-12(14(9)16(15)28)22-19-24-17(20)23-18(21)25-19/h4-8,28-30H,2-3H2,1H3,(H,22,23,24,25)/b10-5+,27-26?. The minimum Gasteiger partial charge on any atom is -0.505 e. The van der Waals surface area contributed by atoms with Crippen LogP contribution < -0.4 is 5.32 Å². The van der Waals surface area contributed by atoms with Crippen molar-refractivity contribution in [3.05, 3.63) is 53.2 Å².